The molecular weight excluding hydrogens is 521 g/mol. The van der Waals surface area contributed by atoms with E-state index in [0.29, 0.717) is 33.9 Å². The third-order valence-electron chi connectivity index (χ3n) is 5.47. The summed E-state index contributed by atoms with van der Waals surface area (Å²) in [5, 5.41) is 20.3. The molecule has 2 aromatic heterocycles. The van der Waals surface area contributed by atoms with Gasteiger partial charge in [-0.25, -0.2) is 14.6 Å². The maximum absolute atomic E-state index is 12.9. The topological polar surface area (TPSA) is 139 Å². The first-order chi connectivity index (χ1) is 18.3. The van der Waals surface area contributed by atoms with Crippen LogP contribution in [0.2, 0.25) is 0 Å². The van der Waals surface area contributed by atoms with E-state index in [1.165, 1.54) is 13.2 Å². The molecule has 0 aliphatic rings. The molecule has 0 bridgehead atoms. The van der Waals surface area contributed by atoms with Crippen LogP contribution in [0.4, 0.5) is 18.9 Å². The van der Waals surface area contributed by atoms with Gasteiger partial charge in [-0.05, 0) is 43.7 Å². The van der Waals surface area contributed by atoms with Crippen LogP contribution in [0.25, 0.3) is 22.3 Å². The van der Waals surface area contributed by atoms with Gasteiger partial charge in [0.25, 0.3) is 0 Å². The van der Waals surface area contributed by atoms with Crippen LogP contribution in [0, 0.1) is 6.92 Å². The standard InChI is InChI=1S/C25H22N2O5.C2HF3O2/c1-14-10-18(15(2)27-20-7-5-4-6-17(20)25(29)30)24-19(11-14)21(28)12-22(32-24)16-8-9-23(31-3)26-13-16;3-2(4,5)1(6)7/h4-13,15,27H,1-3H3,(H,29,30);(H,6,7). The van der Waals surface area contributed by atoms with Crippen molar-refractivity contribution in [1.29, 1.82) is 0 Å². The summed E-state index contributed by atoms with van der Waals surface area (Å²) in [6.07, 6.45) is -3.50. The molecule has 0 aliphatic heterocycles. The number of aliphatic carboxylic acids is 1. The number of nitrogens with one attached hydrogen (secondary N) is 1. The number of fused-ring (bicyclic) bond motifs is 1. The minimum absolute atomic E-state index is 0.167. The van der Waals surface area contributed by atoms with E-state index < -0.39 is 18.1 Å². The molecule has 0 spiro atoms. The van der Waals surface area contributed by atoms with Crippen molar-refractivity contribution < 1.29 is 42.1 Å². The molecule has 0 radical (unpaired) electrons. The van der Waals surface area contributed by atoms with E-state index in [9.17, 15) is 27.9 Å². The third-order valence-corrected chi connectivity index (χ3v) is 5.47. The summed E-state index contributed by atoms with van der Waals surface area (Å²) in [5.41, 5.74) is 3.23. The van der Waals surface area contributed by atoms with Gasteiger partial charge in [0.15, 0.2) is 5.43 Å². The second kappa shape index (κ2) is 11.7. The van der Waals surface area contributed by atoms with Crippen LogP contribution >= 0.6 is 0 Å². The van der Waals surface area contributed by atoms with Gasteiger partial charge in [0.1, 0.15) is 11.3 Å². The van der Waals surface area contributed by atoms with Crippen molar-refractivity contribution in [3.63, 3.8) is 0 Å². The predicted octanol–water partition coefficient (Wildman–Crippen LogP) is 5.68. The Morgan fingerprint density at radius 2 is 1.74 bits per heavy atom. The first kappa shape index (κ1) is 28.7. The smallest absolute Gasteiger partial charge is 0.481 e. The summed E-state index contributed by atoms with van der Waals surface area (Å²) in [5.74, 6) is -2.92. The average molecular weight is 544 g/mol. The lowest BCUT2D eigenvalue weighted by molar-refractivity contribution is -0.192. The summed E-state index contributed by atoms with van der Waals surface area (Å²) in [4.78, 5) is 37.6. The van der Waals surface area contributed by atoms with Gasteiger partial charge < -0.3 is 24.7 Å². The Labute approximate surface area is 219 Å². The third kappa shape index (κ3) is 6.92. The Morgan fingerprint density at radius 1 is 1.08 bits per heavy atom. The number of hydrogen-bond donors (Lipinski definition) is 3. The SMILES string of the molecule is COc1ccc(-c2cc(=O)c3cc(C)cc(C(C)Nc4ccccc4C(=O)O)c3o2)cn1.O=C(O)C(F)(F)F. The lowest BCUT2D eigenvalue weighted by Crippen LogP contribution is -2.21. The Balaban J connectivity index is 0.000000532. The second-order valence-electron chi connectivity index (χ2n) is 8.31. The molecule has 9 nitrogen and oxygen atoms in total. The highest BCUT2D eigenvalue weighted by Crippen LogP contribution is 2.31. The number of rotatable bonds is 6. The van der Waals surface area contributed by atoms with Crippen LogP contribution in [0.1, 0.15) is 34.5 Å². The number of anilines is 1. The fraction of sp³-hybridized carbons (Fsp3) is 0.185. The van der Waals surface area contributed by atoms with Crippen molar-refractivity contribution in [3.8, 4) is 17.2 Å². The number of alkyl halides is 3. The molecule has 4 rings (SSSR count). The summed E-state index contributed by atoms with van der Waals surface area (Å²) in [6.45, 7) is 3.80. The van der Waals surface area contributed by atoms with E-state index in [1.54, 1.807) is 48.7 Å². The van der Waals surface area contributed by atoms with Crippen molar-refractivity contribution >= 4 is 28.6 Å². The Kier molecular flexibility index (Phi) is 8.59. The molecule has 1 atom stereocenters. The predicted molar refractivity (Wildman–Crippen MR) is 136 cm³/mol. The number of halogens is 3. The Hall–Kier alpha value is -4.87. The van der Waals surface area contributed by atoms with Gasteiger partial charge in [0.05, 0.1) is 24.1 Å². The number of aryl methyl sites for hydroxylation is 1. The number of para-hydroxylation sites is 1. The molecule has 0 fully saturated rings. The van der Waals surface area contributed by atoms with Crippen LogP contribution in [0.15, 0.2) is 70.0 Å². The van der Waals surface area contributed by atoms with Gasteiger partial charge in [0, 0.05) is 35.1 Å². The molecule has 2 aromatic carbocycles. The first-order valence-corrected chi connectivity index (χ1v) is 11.3. The van der Waals surface area contributed by atoms with Gasteiger partial charge in [0.2, 0.25) is 5.88 Å². The van der Waals surface area contributed by atoms with Crippen LogP contribution in [-0.4, -0.2) is 40.4 Å². The monoisotopic (exact) mass is 544 g/mol. The molecule has 0 saturated heterocycles. The summed E-state index contributed by atoms with van der Waals surface area (Å²) < 4.78 is 43.0. The van der Waals surface area contributed by atoms with Crippen molar-refractivity contribution in [2.45, 2.75) is 26.1 Å². The van der Waals surface area contributed by atoms with Gasteiger partial charge >= 0.3 is 18.1 Å². The van der Waals surface area contributed by atoms with Gasteiger partial charge in [-0.3, -0.25) is 4.79 Å². The second-order valence-corrected chi connectivity index (χ2v) is 8.31. The van der Waals surface area contributed by atoms with Crippen molar-refractivity contribution in [1.82, 2.24) is 4.98 Å². The fourth-order valence-corrected chi connectivity index (χ4v) is 3.65. The number of nitrogens with zero attached hydrogens (tertiary/aromatic N) is 1. The van der Waals surface area contributed by atoms with Crippen LogP contribution < -0.4 is 15.5 Å². The highest BCUT2D eigenvalue weighted by molar-refractivity contribution is 5.94. The van der Waals surface area contributed by atoms with Crippen molar-refractivity contribution in [2.24, 2.45) is 0 Å². The number of benzene rings is 2. The number of hydrogen-bond acceptors (Lipinski definition) is 7. The van der Waals surface area contributed by atoms with Crippen molar-refractivity contribution in [2.75, 3.05) is 12.4 Å². The molecule has 2 heterocycles. The maximum Gasteiger partial charge on any atom is 0.490 e. The van der Waals surface area contributed by atoms with Crippen LogP contribution in [-0.2, 0) is 4.79 Å². The van der Waals surface area contributed by atoms with Gasteiger partial charge in [-0.2, -0.15) is 13.2 Å². The number of pyridine rings is 1. The van der Waals surface area contributed by atoms with E-state index in [2.05, 4.69) is 10.3 Å². The van der Waals surface area contributed by atoms with E-state index in [-0.39, 0.29) is 17.0 Å². The van der Waals surface area contributed by atoms with E-state index in [0.717, 1.165) is 11.1 Å². The number of ether oxygens (including phenoxy) is 1. The summed E-state index contributed by atoms with van der Waals surface area (Å²) in [7, 11) is 1.53. The number of methoxy groups -OCH3 is 1. The molecule has 0 saturated carbocycles. The first-order valence-electron chi connectivity index (χ1n) is 11.3. The van der Waals surface area contributed by atoms with Gasteiger partial charge in [-0.1, -0.05) is 18.2 Å². The summed E-state index contributed by atoms with van der Waals surface area (Å²) in [6, 6.07) is 15.0. The minimum Gasteiger partial charge on any atom is -0.481 e. The lowest BCUT2D eigenvalue weighted by Gasteiger charge is -2.19. The quantitative estimate of drug-likeness (QED) is 0.280. The number of carboxylic acid groups (broad SMARTS) is 2. The molecule has 0 aliphatic carbocycles. The number of carboxylic acids is 2. The zero-order valence-electron chi connectivity index (χ0n) is 20.9. The van der Waals surface area contributed by atoms with Gasteiger partial charge in [-0.15, -0.1) is 0 Å². The maximum atomic E-state index is 12.9. The minimum atomic E-state index is -5.08. The van der Waals surface area contributed by atoms with E-state index in [1.807, 2.05) is 19.9 Å². The Morgan fingerprint density at radius 3 is 2.31 bits per heavy atom. The highest BCUT2D eigenvalue weighted by atomic mass is 19.4. The molecule has 12 heteroatoms. The zero-order chi connectivity index (χ0) is 28.9. The highest BCUT2D eigenvalue weighted by Gasteiger charge is 2.38. The molecule has 1 unspecified atom stereocenters. The number of aromatic carboxylic acids is 1. The zero-order valence-corrected chi connectivity index (χ0v) is 20.9. The molecule has 3 N–H and O–H groups in total. The van der Waals surface area contributed by atoms with Crippen molar-refractivity contribution in [3.05, 3.63) is 87.7 Å². The van der Waals surface area contributed by atoms with Crippen LogP contribution in [0.5, 0.6) is 5.88 Å². The molecular formula is C27H23F3N2O7. The lowest BCUT2D eigenvalue weighted by atomic mass is 10.00. The number of carbonyl (C=O) groups is 2. The normalized spacial score (nSPS) is 11.7. The molecule has 4 aromatic rings. The fourth-order valence-electron chi connectivity index (χ4n) is 3.65. The van der Waals surface area contributed by atoms with E-state index >= 15 is 0 Å². The molecule has 39 heavy (non-hydrogen) atoms. The molecule has 0 amide bonds. The number of aromatic nitrogens is 1. The largest absolute Gasteiger partial charge is 0.490 e. The van der Waals surface area contributed by atoms with E-state index in [4.69, 9.17) is 19.1 Å². The van der Waals surface area contributed by atoms with Crippen LogP contribution in [0.3, 0.4) is 0 Å². The molecule has 204 valence electrons. The Bertz CT molecular complexity index is 1560. The average Bonchev–Trinajstić information content (AvgIpc) is 2.88. The summed E-state index contributed by atoms with van der Waals surface area (Å²) >= 11 is 0.